The summed E-state index contributed by atoms with van der Waals surface area (Å²) >= 11 is 0. The Labute approximate surface area is 211 Å². The van der Waals surface area contributed by atoms with E-state index in [4.69, 9.17) is 10.5 Å². The van der Waals surface area contributed by atoms with Crippen molar-refractivity contribution in [1.82, 2.24) is 4.98 Å². The molecule has 3 aromatic rings. The monoisotopic (exact) mass is 483 g/mol. The lowest BCUT2D eigenvalue weighted by Gasteiger charge is -2.53. The molecule has 1 amide bonds. The summed E-state index contributed by atoms with van der Waals surface area (Å²) in [4.78, 5) is 30.1. The Balaban J connectivity index is 1.07. The van der Waals surface area contributed by atoms with Crippen LogP contribution in [0.4, 0.5) is 5.69 Å². The number of rotatable bonds is 7. The molecule has 1 aromatic heterocycles. The topological polar surface area (TPSA) is 94.3 Å². The number of carbonyl (C=O) groups is 2. The molecule has 186 valence electrons. The predicted molar refractivity (Wildman–Crippen MR) is 139 cm³/mol. The van der Waals surface area contributed by atoms with Crippen LogP contribution in [-0.2, 0) is 20.9 Å². The summed E-state index contributed by atoms with van der Waals surface area (Å²) in [6.07, 6.45) is 9.74. The number of hydrogen-bond acceptors (Lipinski definition) is 5. The second-order valence-electron chi connectivity index (χ2n) is 11.0. The van der Waals surface area contributed by atoms with Crippen LogP contribution in [0.25, 0.3) is 10.8 Å². The maximum Gasteiger partial charge on any atom is 0.309 e. The molecule has 0 spiro atoms. The number of fused-ring (bicyclic) bond motifs is 1. The first-order chi connectivity index (χ1) is 17.6. The highest BCUT2D eigenvalue weighted by molar-refractivity contribution is 5.98. The number of benzene rings is 2. The summed E-state index contributed by atoms with van der Waals surface area (Å²) in [7, 11) is 0. The van der Waals surface area contributed by atoms with Crippen molar-refractivity contribution in [3.05, 3.63) is 72.1 Å². The molecule has 4 fully saturated rings. The van der Waals surface area contributed by atoms with Gasteiger partial charge in [0.1, 0.15) is 6.61 Å². The predicted octanol–water partition coefficient (Wildman–Crippen LogP) is 5.03. The van der Waals surface area contributed by atoms with E-state index in [2.05, 4.69) is 10.3 Å². The Bertz CT molecular complexity index is 1240. The zero-order valence-electron chi connectivity index (χ0n) is 20.4. The smallest absolute Gasteiger partial charge is 0.309 e. The summed E-state index contributed by atoms with van der Waals surface area (Å²) in [6.45, 7) is 0.470. The van der Waals surface area contributed by atoms with Gasteiger partial charge in [-0.05, 0) is 90.5 Å². The van der Waals surface area contributed by atoms with Crippen LogP contribution < -0.4 is 11.1 Å². The zero-order valence-corrected chi connectivity index (χ0v) is 20.4. The molecule has 0 unspecified atom stereocenters. The van der Waals surface area contributed by atoms with Crippen LogP contribution in [0, 0.1) is 29.6 Å². The molecular formula is C30H33N3O3. The normalized spacial score (nSPS) is 27.1. The van der Waals surface area contributed by atoms with Crippen LogP contribution in [-0.4, -0.2) is 23.4 Å². The maximum atomic E-state index is 13.0. The fraction of sp³-hybridized carbons (Fsp3) is 0.433. The minimum absolute atomic E-state index is 0.0155. The number of ether oxygens (including phenoxy) is 1. The first-order valence-electron chi connectivity index (χ1n) is 13.2. The van der Waals surface area contributed by atoms with Gasteiger partial charge in [-0.3, -0.25) is 14.6 Å². The number of anilines is 1. The summed E-state index contributed by atoms with van der Waals surface area (Å²) in [5.74, 6) is 2.20. The lowest BCUT2D eigenvalue weighted by molar-refractivity contribution is -0.163. The minimum Gasteiger partial charge on any atom is -0.461 e. The van der Waals surface area contributed by atoms with Crippen molar-refractivity contribution in [1.29, 1.82) is 0 Å². The number of pyridine rings is 1. The zero-order chi connectivity index (χ0) is 24.6. The Morgan fingerprint density at radius 1 is 0.944 bits per heavy atom. The number of carbonyl (C=O) groups excluding carboxylic acids is 2. The second-order valence-corrected chi connectivity index (χ2v) is 11.0. The largest absolute Gasteiger partial charge is 0.461 e. The van der Waals surface area contributed by atoms with Crippen molar-refractivity contribution < 1.29 is 14.3 Å². The molecule has 4 bridgehead atoms. The average molecular weight is 484 g/mol. The SMILES string of the molecule is NC[C@@H](C(=O)Nc1ccc2cnccc2c1)c1ccc(COC(=O)C2C3CC4CC(C3)CC2C4)cc1. The first kappa shape index (κ1) is 23.2. The van der Waals surface area contributed by atoms with Gasteiger partial charge in [-0.1, -0.05) is 30.3 Å². The van der Waals surface area contributed by atoms with Crippen molar-refractivity contribution in [2.24, 2.45) is 35.3 Å². The molecule has 6 heteroatoms. The lowest BCUT2D eigenvalue weighted by atomic mass is 9.52. The van der Waals surface area contributed by atoms with Crippen molar-refractivity contribution in [2.75, 3.05) is 11.9 Å². The molecule has 1 heterocycles. The van der Waals surface area contributed by atoms with Gasteiger partial charge in [-0.25, -0.2) is 0 Å². The number of hydrogen-bond donors (Lipinski definition) is 2. The Morgan fingerprint density at radius 3 is 2.36 bits per heavy atom. The van der Waals surface area contributed by atoms with Gasteiger partial charge in [0.15, 0.2) is 0 Å². The average Bonchev–Trinajstić information content (AvgIpc) is 2.88. The maximum absolute atomic E-state index is 13.0. The quantitative estimate of drug-likeness (QED) is 0.460. The number of aromatic nitrogens is 1. The molecule has 4 aliphatic rings. The number of esters is 1. The van der Waals surface area contributed by atoms with Crippen molar-refractivity contribution >= 4 is 28.3 Å². The number of nitrogens with zero attached hydrogens (tertiary/aromatic N) is 1. The molecule has 6 nitrogen and oxygen atoms in total. The van der Waals surface area contributed by atoms with E-state index in [-0.39, 0.29) is 30.9 Å². The van der Waals surface area contributed by atoms with Gasteiger partial charge in [0.05, 0.1) is 11.8 Å². The van der Waals surface area contributed by atoms with E-state index in [9.17, 15) is 9.59 Å². The molecule has 4 saturated carbocycles. The standard InChI is InChI=1S/C30H33N3O3/c31-15-27(29(34)33-26-6-5-23-16-32-8-7-22(23)14-26)21-3-1-18(2-4-21)17-36-30(35)28-24-10-19-9-20(12-24)13-25(28)11-19/h1-8,14,16,19-20,24-25,27-28H,9-13,15,17,31H2,(H,33,34)/t19?,20?,24?,25?,27-,28?/m1/s1. The molecule has 1 atom stereocenters. The van der Waals surface area contributed by atoms with Crippen LogP contribution in [0.5, 0.6) is 0 Å². The van der Waals surface area contributed by atoms with E-state index in [1.54, 1.807) is 12.4 Å². The summed E-state index contributed by atoms with van der Waals surface area (Å²) in [5.41, 5.74) is 8.48. The second kappa shape index (κ2) is 9.66. The van der Waals surface area contributed by atoms with E-state index < -0.39 is 5.92 Å². The summed E-state index contributed by atoms with van der Waals surface area (Å²) in [5, 5.41) is 5.02. The van der Waals surface area contributed by atoms with Crippen molar-refractivity contribution in [3.8, 4) is 0 Å². The molecule has 36 heavy (non-hydrogen) atoms. The number of nitrogens with one attached hydrogen (secondary N) is 1. The van der Waals surface area contributed by atoms with E-state index in [0.29, 0.717) is 11.8 Å². The molecule has 0 aliphatic heterocycles. The first-order valence-corrected chi connectivity index (χ1v) is 13.2. The Morgan fingerprint density at radius 2 is 1.67 bits per heavy atom. The van der Waals surface area contributed by atoms with Gasteiger partial charge in [-0.15, -0.1) is 0 Å². The fourth-order valence-electron chi connectivity index (χ4n) is 7.19. The minimum atomic E-state index is -0.470. The third kappa shape index (κ3) is 4.50. The molecule has 0 radical (unpaired) electrons. The lowest BCUT2D eigenvalue weighted by Crippen LogP contribution is -2.48. The van der Waals surface area contributed by atoms with Crippen molar-refractivity contribution in [3.63, 3.8) is 0 Å². The van der Waals surface area contributed by atoms with Crippen LogP contribution in [0.3, 0.4) is 0 Å². The van der Waals surface area contributed by atoms with Gasteiger partial charge in [0, 0.05) is 30.0 Å². The highest BCUT2D eigenvalue weighted by Gasteiger charge is 2.51. The fourth-order valence-corrected chi connectivity index (χ4v) is 7.19. The van der Waals surface area contributed by atoms with E-state index in [1.807, 2.05) is 48.5 Å². The Hall–Kier alpha value is -3.25. The highest BCUT2D eigenvalue weighted by atomic mass is 16.5. The molecule has 7 rings (SSSR count). The molecule has 0 saturated heterocycles. The molecule has 2 aromatic carbocycles. The van der Waals surface area contributed by atoms with Gasteiger partial charge in [-0.2, -0.15) is 0 Å². The third-order valence-corrected chi connectivity index (χ3v) is 8.72. The summed E-state index contributed by atoms with van der Waals surface area (Å²) < 4.78 is 5.79. The van der Waals surface area contributed by atoms with Crippen LogP contribution in [0.15, 0.2) is 60.9 Å². The molecule has 4 aliphatic carbocycles. The third-order valence-electron chi connectivity index (χ3n) is 8.72. The number of amides is 1. The van der Waals surface area contributed by atoms with Crippen molar-refractivity contribution in [2.45, 2.75) is 44.6 Å². The van der Waals surface area contributed by atoms with E-state index >= 15 is 0 Å². The van der Waals surface area contributed by atoms with Gasteiger partial charge in [0.2, 0.25) is 5.91 Å². The Kier molecular flexibility index (Phi) is 6.22. The highest BCUT2D eigenvalue weighted by Crippen LogP contribution is 2.56. The van der Waals surface area contributed by atoms with Crippen LogP contribution >= 0.6 is 0 Å². The van der Waals surface area contributed by atoms with Crippen LogP contribution in [0.2, 0.25) is 0 Å². The van der Waals surface area contributed by atoms with Gasteiger partial charge >= 0.3 is 5.97 Å². The van der Waals surface area contributed by atoms with Gasteiger partial charge in [0.25, 0.3) is 0 Å². The molecular weight excluding hydrogens is 450 g/mol. The van der Waals surface area contributed by atoms with Crippen LogP contribution in [0.1, 0.15) is 49.1 Å². The van der Waals surface area contributed by atoms with E-state index in [0.717, 1.165) is 39.4 Å². The number of nitrogens with two attached hydrogens (primary N) is 1. The van der Waals surface area contributed by atoms with E-state index in [1.165, 1.54) is 32.1 Å². The van der Waals surface area contributed by atoms with Gasteiger partial charge < -0.3 is 15.8 Å². The summed E-state index contributed by atoms with van der Waals surface area (Å²) in [6, 6.07) is 15.3. The molecule has 3 N–H and O–H groups in total.